The first-order valence-electron chi connectivity index (χ1n) is 4.56. The van der Waals surface area contributed by atoms with E-state index in [2.05, 4.69) is 16.5 Å². The van der Waals surface area contributed by atoms with Crippen LogP contribution in [-0.4, -0.2) is 15.8 Å². The van der Waals surface area contributed by atoms with E-state index in [4.69, 9.17) is 0 Å². The van der Waals surface area contributed by atoms with E-state index in [9.17, 15) is 0 Å². The number of rotatable bonds is 3. The predicted octanol–water partition coefficient (Wildman–Crippen LogP) is 1.91. The quantitative estimate of drug-likeness (QED) is 0.871. The number of aryl methyl sites for hydroxylation is 1. The molecule has 1 N–H and O–H groups in total. The number of nitrogens with one attached hydrogen (secondary N) is 1. The standard InChI is InChI=1S/C9H15N3.2ClH/c1-12-9(5-6-11-12)7-10-8-3-2-4-8;;/h5-6,8,10H,2-4,7H2,1H3;2*1H. The molecule has 82 valence electrons. The summed E-state index contributed by atoms with van der Waals surface area (Å²) in [7, 11) is 1.98. The largest absolute Gasteiger partial charge is 0.308 e. The summed E-state index contributed by atoms with van der Waals surface area (Å²) in [4.78, 5) is 0. The van der Waals surface area contributed by atoms with E-state index in [0.29, 0.717) is 0 Å². The zero-order valence-corrected chi connectivity index (χ0v) is 9.90. The molecule has 1 aliphatic carbocycles. The van der Waals surface area contributed by atoms with Crippen LogP contribution in [0.4, 0.5) is 0 Å². The van der Waals surface area contributed by atoms with Crippen molar-refractivity contribution in [1.82, 2.24) is 15.1 Å². The van der Waals surface area contributed by atoms with Crippen LogP contribution < -0.4 is 5.32 Å². The maximum Gasteiger partial charge on any atom is 0.0518 e. The molecular weight excluding hydrogens is 221 g/mol. The van der Waals surface area contributed by atoms with E-state index in [-0.39, 0.29) is 24.8 Å². The normalized spacial score (nSPS) is 15.2. The average Bonchev–Trinajstić information content (AvgIpc) is 2.33. The fraction of sp³-hybridized carbons (Fsp3) is 0.667. The Balaban J connectivity index is 0.000000845. The second-order valence-electron chi connectivity index (χ2n) is 3.45. The van der Waals surface area contributed by atoms with Crippen LogP contribution >= 0.6 is 24.8 Å². The Hall–Kier alpha value is -0.250. The van der Waals surface area contributed by atoms with Gasteiger partial charge in [0.05, 0.1) is 5.69 Å². The molecule has 0 atom stereocenters. The highest BCUT2D eigenvalue weighted by molar-refractivity contribution is 5.85. The van der Waals surface area contributed by atoms with Crippen LogP contribution in [0.2, 0.25) is 0 Å². The topological polar surface area (TPSA) is 29.9 Å². The molecular formula is C9H17Cl2N3. The van der Waals surface area contributed by atoms with Gasteiger partial charge in [0, 0.05) is 25.8 Å². The first-order valence-corrected chi connectivity index (χ1v) is 4.56. The SMILES string of the molecule is Cl.Cl.Cn1nccc1CNC1CCC1. The van der Waals surface area contributed by atoms with Crippen molar-refractivity contribution < 1.29 is 0 Å². The highest BCUT2D eigenvalue weighted by Crippen LogP contribution is 2.18. The predicted molar refractivity (Wildman–Crippen MR) is 62.2 cm³/mol. The van der Waals surface area contributed by atoms with E-state index < -0.39 is 0 Å². The smallest absolute Gasteiger partial charge is 0.0518 e. The minimum absolute atomic E-state index is 0. The number of halogens is 2. The van der Waals surface area contributed by atoms with Gasteiger partial charge in [-0.2, -0.15) is 5.10 Å². The Morgan fingerprint density at radius 3 is 2.64 bits per heavy atom. The van der Waals surface area contributed by atoms with Gasteiger partial charge in [-0.25, -0.2) is 0 Å². The van der Waals surface area contributed by atoms with Crippen molar-refractivity contribution in [3.63, 3.8) is 0 Å². The number of hydrogen-bond acceptors (Lipinski definition) is 2. The van der Waals surface area contributed by atoms with Gasteiger partial charge in [0.15, 0.2) is 0 Å². The third kappa shape index (κ3) is 3.15. The van der Waals surface area contributed by atoms with Crippen LogP contribution in [0.5, 0.6) is 0 Å². The molecule has 1 aromatic heterocycles. The van der Waals surface area contributed by atoms with Crippen molar-refractivity contribution in [3.05, 3.63) is 18.0 Å². The monoisotopic (exact) mass is 237 g/mol. The minimum Gasteiger partial charge on any atom is -0.308 e. The molecule has 3 nitrogen and oxygen atoms in total. The summed E-state index contributed by atoms with van der Waals surface area (Å²) in [6.07, 6.45) is 5.93. The zero-order valence-electron chi connectivity index (χ0n) is 8.27. The Morgan fingerprint density at radius 2 is 2.21 bits per heavy atom. The Labute approximate surface area is 97.1 Å². The lowest BCUT2D eigenvalue weighted by Crippen LogP contribution is -2.34. The molecule has 0 unspecified atom stereocenters. The van der Waals surface area contributed by atoms with Gasteiger partial charge in [-0.1, -0.05) is 6.42 Å². The molecule has 14 heavy (non-hydrogen) atoms. The van der Waals surface area contributed by atoms with Gasteiger partial charge in [0.2, 0.25) is 0 Å². The molecule has 1 aliphatic rings. The molecule has 1 heterocycles. The minimum atomic E-state index is 0. The molecule has 2 rings (SSSR count). The van der Waals surface area contributed by atoms with Crippen LogP contribution in [0.15, 0.2) is 12.3 Å². The lowest BCUT2D eigenvalue weighted by Gasteiger charge is -2.26. The van der Waals surface area contributed by atoms with Gasteiger partial charge >= 0.3 is 0 Å². The molecule has 0 aromatic carbocycles. The number of hydrogen-bond donors (Lipinski definition) is 1. The van der Waals surface area contributed by atoms with E-state index in [1.165, 1.54) is 25.0 Å². The Bertz CT molecular complexity index is 258. The fourth-order valence-corrected chi connectivity index (χ4v) is 1.44. The second kappa shape index (κ2) is 6.27. The highest BCUT2D eigenvalue weighted by Gasteiger charge is 2.16. The van der Waals surface area contributed by atoms with Crippen molar-refractivity contribution in [2.75, 3.05) is 0 Å². The van der Waals surface area contributed by atoms with E-state index in [0.717, 1.165) is 12.6 Å². The molecule has 1 fully saturated rings. The van der Waals surface area contributed by atoms with Crippen molar-refractivity contribution in [1.29, 1.82) is 0 Å². The molecule has 1 saturated carbocycles. The van der Waals surface area contributed by atoms with Crippen molar-refractivity contribution in [2.45, 2.75) is 31.8 Å². The van der Waals surface area contributed by atoms with Crippen LogP contribution in [0.3, 0.4) is 0 Å². The highest BCUT2D eigenvalue weighted by atomic mass is 35.5. The van der Waals surface area contributed by atoms with E-state index >= 15 is 0 Å². The van der Waals surface area contributed by atoms with Crippen molar-refractivity contribution in [2.24, 2.45) is 7.05 Å². The molecule has 0 saturated heterocycles. The van der Waals surface area contributed by atoms with Gasteiger partial charge in [0.25, 0.3) is 0 Å². The molecule has 0 bridgehead atoms. The molecule has 0 aliphatic heterocycles. The summed E-state index contributed by atoms with van der Waals surface area (Å²) in [5.41, 5.74) is 1.27. The fourth-order valence-electron chi connectivity index (χ4n) is 1.44. The van der Waals surface area contributed by atoms with Gasteiger partial charge in [-0.3, -0.25) is 4.68 Å². The third-order valence-electron chi connectivity index (χ3n) is 2.60. The lowest BCUT2D eigenvalue weighted by atomic mass is 9.93. The summed E-state index contributed by atoms with van der Waals surface area (Å²) >= 11 is 0. The summed E-state index contributed by atoms with van der Waals surface area (Å²) in [6.45, 7) is 0.959. The lowest BCUT2D eigenvalue weighted by molar-refractivity contribution is 0.335. The Kier molecular flexibility index (Phi) is 6.16. The van der Waals surface area contributed by atoms with E-state index in [1.807, 2.05) is 17.9 Å². The van der Waals surface area contributed by atoms with Crippen LogP contribution in [0.25, 0.3) is 0 Å². The molecule has 5 heteroatoms. The third-order valence-corrected chi connectivity index (χ3v) is 2.60. The number of nitrogens with zero attached hydrogens (tertiary/aromatic N) is 2. The summed E-state index contributed by atoms with van der Waals surface area (Å²) in [6, 6.07) is 2.82. The van der Waals surface area contributed by atoms with Crippen LogP contribution in [-0.2, 0) is 13.6 Å². The zero-order chi connectivity index (χ0) is 8.39. The van der Waals surface area contributed by atoms with Crippen LogP contribution in [0.1, 0.15) is 25.0 Å². The maximum atomic E-state index is 4.12. The van der Waals surface area contributed by atoms with E-state index in [1.54, 1.807) is 0 Å². The summed E-state index contributed by atoms with van der Waals surface area (Å²) in [5, 5.41) is 7.62. The van der Waals surface area contributed by atoms with Gasteiger partial charge in [-0.15, -0.1) is 24.8 Å². The maximum absolute atomic E-state index is 4.12. The van der Waals surface area contributed by atoms with Crippen molar-refractivity contribution >= 4 is 24.8 Å². The molecule has 1 aromatic rings. The van der Waals surface area contributed by atoms with Crippen LogP contribution in [0, 0.1) is 0 Å². The van der Waals surface area contributed by atoms with Gasteiger partial charge in [-0.05, 0) is 18.9 Å². The molecule has 0 amide bonds. The summed E-state index contributed by atoms with van der Waals surface area (Å²) in [5.74, 6) is 0. The Morgan fingerprint density at radius 1 is 1.50 bits per heavy atom. The first kappa shape index (κ1) is 13.8. The summed E-state index contributed by atoms with van der Waals surface area (Å²) < 4.78 is 1.92. The van der Waals surface area contributed by atoms with Gasteiger partial charge < -0.3 is 5.32 Å². The second-order valence-corrected chi connectivity index (χ2v) is 3.45. The first-order chi connectivity index (χ1) is 5.86. The average molecular weight is 238 g/mol. The molecule has 0 radical (unpaired) electrons. The van der Waals surface area contributed by atoms with Gasteiger partial charge in [0.1, 0.15) is 0 Å². The molecule has 0 spiro atoms. The number of aromatic nitrogens is 2. The van der Waals surface area contributed by atoms with Crippen molar-refractivity contribution in [3.8, 4) is 0 Å².